The van der Waals surface area contributed by atoms with Gasteiger partial charge in [-0.05, 0) is 23.5 Å². The molecule has 0 unspecified atom stereocenters. The van der Waals surface area contributed by atoms with Crippen LogP contribution in [0.2, 0.25) is 0 Å². The lowest BCUT2D eigenvalue weighted by Crippen LogP contribution is -2.35. The highest BCUT2D eigenvalue weighted by molar-refractivity contribution is 5.88. The van der Waals surface area contributed by atoms with Crippen LogP contribution < -0.4 is 5.32 Å². The van der Waals surface area contributed by atoms with Gasteiger partial charge in [-0.25, -0.2) is 0 Å². The van der Waals surface area contributed by atoms with Gasteiger partial charge in [-0.1, -0.05) is 32.0 Å². The lowest BCUT2D eigenvalue weighted by atomic mass is 9.89. The van der Waals surface area contributed by atoms with Gasteiger partial charge in [0.25, 0.3) is 0 Å². The third kappa shape index (κ3) is 4.33. The Bertz CT molecular complexity index is 602. The van der Waals surface area contributed by atoms with Gasteiger partial charge >= 0.3 is 0 Å². The van der Waals surface area contributed by atoms with Crippen molar-refractivity contribution in [3.8, 4) is 0 Å². The third-order valence-electron chi connectivity index (χ3n) is 3.77. The fourth-order valence-corrected chi connectivity index (χ4v) is 2.32. The van der Waals surface area contributed by atoms with Gasteiger partial charge in [-0.15, -0.1) is 0 Å². The maximum absolute atomic E-state index is 12.1. The van der Waals surface area contributed by atoms with Crippen molar-refractivity contribution >= 4 is 16.8 Å². The van der Waals surface area contributed by atoms with Crippen LogP contribution in [0.4, 0.5) is 0 Å². The van der Waals surface area contributed by atoms with E-state index in [4.69, 9.17) is 4.74 Å². The summed E-state index contributed by atoms with van der Waals surface area (Å²) in [5.74, 6) is 0.0604. The van der Waals surface area contributed by atoms with E-state index in [9.17, 15) is 4.79 Å². The van der Waals surface area contributed by atoms with E-state index in [0.717, 1.165) is 22.9 Å². The Morgan fingerprint density at radius 3 is 2.86 bits per heavy atom. The summed E-state index contributed by atoms with van der Waals surface area (Å²) in [6.45, 7) is 5.65. The number of aromatic nitrogens is 1. The van der Waals surface area contributed by atoms with Gasteiger partial charge < -0.3 is 15.0 Å². The third-order valence-corrected chi connectivity index (χ3v) is 3.77. The molecule has 1 heterocycles. The van der Waals surface area contributed by atoms with Gasteiger partial charge in [0.05, 0.1) is 6.42 Å². The molecule has 0 saturated carbocycles. The molecule has 0 aliphatic heterocycles. The SMILES string of the molecule is COCCC(C)(C)CNC(=O)Cc1c[nH]c2ccccc12. The van der Waals surface area contributed by atoms with E-state index in [1.54, 1.807) is 7.11 Å². The fourth-order valence-electron chi connectivity index (χ4n) is 2.32. The van der Waals surface area contributed by atoms with Crippen LogP contribution in [0.5, 0.6) is 0 Å². The monoisotopic (exact) mass is 288 g/mol. The van der Waals surface area contributed by atoms with Crippen LogP contribution >= 0.6 is 0 Å². The maximum atomic E-state index is 12.1. The summed E-state index contributed by atoms with van der Waals surface area (Å²) < 4.78 is 5.10. The molecule has 1 aromatic carbocycles. The van der Waals surface area contributed by atoms with Crippen LogP contribution in [-0.4, -0.2) is 31.2 Å². The molecule has 2 rings (SSSR count). The first kappa shape index (κ1) is 15.6. The average Bonchev–Trinajstić information content (AvgIpc) is 2.87. The number of rotatable bonds is 7. The second-order valence-corrected chi connectivity index (χ2v) is 6.22. The molecule has 1 amide bonds. The summed E-state index contributed by atoms with van der Waals surface area (Å²) in [6.07, 6.45) is 3.25. The number of carbonyl (C=O) groups excluding carboxylic acids is 1. The molecule has 0 spiro atoms. The minimum absolute atomic E-state index is 0.0475. The normalized spacial score (nSPS) is 11.8. The van der Waals surface area contributed by atoms with Gasteiger partial charge in [0, 0.05) is 37.4 Å². The van der Waals surface area contributed by atoms with Crippen LogP contribution in [0.15, 0.2) is 30.5 Å². The number of hydrogen-bond acceptors (Lipinski definition) is 2. The quantitative estimate of drug-likeness (QED) is 0.823. The number of carbonyl (C=O) groups is 1. The lowest BCUT2D eigenvalue weighted by molar-refractivity contribution is -0.120. The van der Waals surface area contributed by atoms with E-state index in [-0.39, 0.29) is 11.3 Å². The molecule has 4 heteroatoms. The van der Waals surface area contributed by atoms with Crippen molar-refractivity contribution in [2.75, 3.05) is 20.3 Å². The van der Waals surface area contributed by atoms with Crippen molar-refractivity contribution in [3.05, 3.63) is 36.0 Å². The Hall–Kier alpha value is -1.81. The first-order valence-corrected chi connectivity index (χ1v) is 7.32. The number of aromatic amines is 1. The van der Waals surface area contributed by atoms with Crippen LogP contribution in [0.25, 0.3) is 10.9 Å². The molecule has 0 bridgehead atoms. The molecule has 2 aromatic rings. The van der Waals surface area contributed by atoms with Crippen LogP contribution in [0.1, 0.15) is 25.8 Å². The largest absolute Gasteiger partial charge is 0.385 e. The van der Waals surface area contributed by atoms with Gasteiger partial charge in [0.2, 0.25) is 5.91 Å². The van der Waals surface area contributed by atoms with Crippen molar-refractivity contribution in [2.24, 2.45) is 5.41 Å². The highest BCUT2D eigenvalue weighted by Gasteiger charge is 2.19. The number of para-hydroxylation sites is 1. The Kier molecular flexibility index (Phi) is 5.02. The van der Waals surface area contributed by atoms with Crippen molar-refractivity contribution in [2.45, 2.75) is 26.7 Å². The second kappa shape index (κ2) is 6.76. The standard InChI is InChI=1S/C17H24N2O2/c1-17(2,8-9-21-3)12-19-16(20)10-13-11-18-15-7-5-4-6-14(13)15/h4-7,11,18H,8-10,12H2,1-3H3,(H,19,20). The molecular formula is C17H24N2O2. The number of hydrogen-bond donors (Lipinski definition) is 2. The zero-order chi connectivity index (χ0) is 15.3. The molecule has 21 heavy (non-hydrogen) atoms. The highest BCUT2D eigenvalue weighted by Crippen LogP contribution is 2.20. The number of benzene rings is 1. The molecule has 0 aliphatic carbocycles. The number of fused-ring (bicyclic) bond motifs is 1. The second-order valence-electron chi connectivity index (χ2n) is 6.22. The minimum Gasteiger partial charge on any atom is -0.385 e. The molecule has 0 radical (unpaired) electrons. The van der Waals surface area contributed by atoms with E-state index in [2.05, 4.69) is 24.1 Å². The summed E-state index contributed by atoms with van der Waals surface area (Å²) in [5, 5.41) is 4.14. The molecule has 0 aliphatic rings. The predicted molar refractivity (Wildman–Crippen MR) is 85.3 cm³/mol. The summed E-state index contributed by atoms with van der Waals surface area (Å²) >= 11 is 0. The Balaban J connectivity index is 1.90. The lowest BCUT2D eigenvalue weighted by Gasteiger charge is -2.24. The minimum atomic E-state index is 0.0475. The highest BCUT2D eigenvalue weighted by atomic mass is 16.5. The average molecular weight is 288 g/mol. The molecule has 0 fully saturated rings. The van der Waals surface area contributed by atoms with Crippen molar-refractivity contribution in [1.82, 2.24) is 10.3 Å². The summed E-state index contributed by atoms with van der Waals surface area (Å²) in [6, 6.07) is 8.04. The topological polar surface area (TPSA) is 54.1 Å². The number of amides is 1. The van der Waals surface area contributed by atoms with Gasteiger partial charge in [0.1, 0.15) is 0 Å². The van der Waals surface area contributed by atoms with Crippen molar-refractivity contribution in [3.63, 3.8) is 0 Å². The molecule has 1 aromatic heterocycles. The summed E-state index contributed by atoms with van der Waals surface area (Å²) in [5.41, 5.74) is 2.16. The van der Waals surface area contributed by atoms with Crippen LogP contribution in [-0.2, 0) is 16.0 Å². The Morgan fingerprint density at radius 1 is 1.33 bits per heavy atom. The van der Waals surface area contributed by atoms with E-state index < -0.39 is 0 Å². The first-order chi connectivity index (χ1) is 10.0. The number of nitrogens with one attached hydrogen (secondary N) is 2. The maximum Gasteiger partial charge on any atom is 0.224 e. The smallest absolute Gasteiger partial charge is 0.224 e. The Morgan fingerprint density at radius 2 is 2.10 bits per heavy atom. The molecule has 4 nitrogen and oxygen atoms in total. The van der Waals surface area contributed by atoms with E-state index in [1.807, 2.05) is 30.5 Å². The van der Waals surface area contributed by atoms with Gasteiger partial charge in [-0.2, -0.15) is 0 Å². The zero-order valence-corrected chi connectivity index (χ0v) is 13.0. The van der Waals surface area contributed by atoms with Crippen molar-refractivity contribution in [1.29, 1.82) is 0 Å². The zero-order valence-electron chi connectivity index (χ0n) is 13.0. The summed E-state index contributed by atoms with van der Waals surface area (Å²) in [7, 11) is 1.70. The van der Waals surface area contributed by atoms with Gasteiger partial charge in [0.15, 0.2) is 0 Å². The van der Waals surface area contributed by atoms with Crippen LogP contribution in [0.3, 0.4) is 0 Å². The fraction of sp³-hybridized carbons (Fsp3) is 0.471. The summed E-state index contributed by atoms with van der Waals surface area (Å²) in [4.78, 5) is 15.3. The number of ether oxygens (including phenoxy) is 1. The molecule has 114 valence electrons. The van der Waals surface area contributed by atoms with E-state index in [0.29, 0.717) is 19.6 Å². The predicted octanol–water partition coefficient (Wildman–Crippen LogP) is 2.89. The number of H-pyrrole nitrogens is 1. The van der Waals surface area contributed by atoms with E-state index >= 15 is 0 Å². The van der Waals surface area contributed by atoms with E-state index in [1.165, 1.54) is 0 Å². The molecular weight excluding hydrogens is 264 g/mol. The molecule has 0 atom stereocenters. The van der Waals surface area contributed by atoms with Gasteiger partial charge in [-0.3, -0.25) is 4.79 Å². The Labute approximate surface area is 125 Å². The number of methoxy groups -OCH3 is 1. The molecule has 2 N–H and O–H groups in total. The first-order valence-electron chi connectivity index (χ1n) is 7.32. The van der Waals surface area contributed by atoms with Crippen LogP contribution in [0, 0.1) is 5.41 Å². The molecule has 0 saturated heterocycles. The van der Waals surface area contributed by atoms with Crippen molar-refractivity contribution < 1.29 is 9.53 Å².